The Morgan fingerprint density at radius 3 is 2.80 bits per heavy atom. The van der Waals surface area contributed by atoms with Crippen LogP contribution in [0.1, 0.15) is 12.7 Å². The van der Waals surface area contributed by atoms with Crippen molar-refractivity contribution in [1.29, 1.82) is 0 Å². The third-order valence-corrected chi connectivity index (χ3v) is 3.76. The lowest BCUT2D eigenvalue weighted by Crippen LogP contribution is -2.56. The van der Waals surface area contributed by atoms with Gasteiger partial charge in [-0.2, -0.15) is 0 Å². The van der Waals surface area contributed by atoms with Crippen molar-refractivity contribution in [1.82, 2.24) is 20.0 Å². The van der Waals surface area contributed by atoms with Crippen molar-refractivity contribution in [2.75, 3.05) is 13.1 Å². The molecule has 0 spiro atoms. The minimum absolute atomic E-state index is 0.00313. The lowest BCUT2D eigenvalue weighted by atomic mass is 10.2. The maximum Gasteiger partial charge on any atom is 0.257 e. The van der Waals surface area contributed by atoms with Crippen molar-refractivity contribution in [3.8, 4) is 0 Å². The van der Waals surface area contributed by atoms with Crippen LogP contribution in [-0.4, -0.2) is 37.5 Å². The van der Waals surface area contributed by atoms with E-state index in [1.807, 2.05) is 6.92 Å². The van der Waals surface area contributed by atoms with E-state index in [-0.39, 0.29) is 11.1 Å². The first kappa shape index (κ1) is 10.6. The molecular formula is C8H14N4O2S. The zero-order chi connectivity index (χ0) is 10.9. The predicted molar refractivity (Wildman–Crippen MR) is 54.9 cm³/mol. The van der Waals surface area contributed by atoms with Gasteiger partial charge >= 0.3 is 0 Å². The van der Waals surface area contributed by atoms with Crippen LogP contribution in [0.2, 0.25) is 0 Å². The van der Waals surface area contributed by atoms with Crippen LogP contribution in [0, 0.1) is 0 Å². The number of H-pyrrole nitrogens is 1. The van der Waals surface area contributed by atoms with Crippen molar-refractivity contribution in [2.24, 2.45) is 0 Å². The molecule has 0 radical (unpaired) electrons. The Kier molecular flexibility index (Phi) is 2.76. The minimum Gasteiger partial charge on any atom is -0.332 e. The van der Waals surface area contributed by atoms with Crippen LogP contribution in [0.5, 0.6) is 0 Å². The molecule has 2 heterocycles. The summed E-state index contributed by atoms with van der Waals surface area (Å²) >= 11 is 0. The summed E-state index contributed by atoms with van der Waals surface area (Å²) in [7, 11) is -3.42. The molecule has 84 valence electrons. The zero-order valence-electron chi connectivity index (χ0n) is 8.45. The highest BCUT2D eigenvalue weighted by Gasteiger charge is 2.25. The third-order valence-electron chi connectivity index (χ3n) is 2.33. The molecule has 1 aromatic rings. The first-order chi connectivity index (χ1) is 7.12. The van der Waals surface area contributed by atoms with Crippen molar-refractivity contribution in [3.05, 3.63) is 12.0 Å². The zero-order valence-corrected chi connectivity index (χ0v) is 9.26. The van der Waals surface area contributed by atoms with Gasteiger partial charge in [-0.05, 0) is 0 Å². The molecule has 0 unspecified atom stereocenters. The highest BCUT2D eigenvalue weighted by molar-refractivity contribution is 7.89. The molecule has 0 aromatic carbocycles. The molecule has 15 heavy (non-hydrogen) atoms. The van der Waals surface area contributed by atoms with Crippen LogP contribution >= 0.6 is 0 Å². The van der Waals surface area contributed by atoms with Gasteiger partial charge in [-0.25, -0.2) is 18.1 Å². The summed E-state index contributed by atoms with van der Waals surface area (Å²) in [5, 5.41) is 3.14. The van der Waals surface area contributed by atoms with E-state index < -0.39 is 10.0 Å². The fourth-order valence-electron chi connectivity index (χ4n) is 1.31. The molecule has 0 amide bonds. The first-order valence-corrected chi connectivity index (χ1v) is 6.37. The number of nitrogens with zero attached hydrogens (tertiary/aromatic N) is 1. The fourth-order valence-corrected chi connectivity index (χ4v) is 2.49. The number of sulfonamides is 1. The van der Waals surface area contributed by atoms with Gasteiger partial charge < -0.3 is 10.3 Å². The molecule has 1 aliphatic rings. The number of aryl methyl sites for hydroxylation is 1. The van der Waals surface area contributed by atoms with Gasteiger partial charge in [0, 0.05) is 25.6 Å². The van der Waals surface area contributed by atoms with E-state index in [0.29, 0.717) is 25.3 Å². The Morgan fingerprint density at radius 2 is 2.33 bits per heavy atom. The Morgan fingerprint density at radius 1 is 1.60 bits per heavy atom. The summed E-state index contributed by atoms with van der Waals surface area (Å²) in [6.07, 6.45) is 2.05. The molecule has 0 bridgehead atoms. The highest BCUT2D eigenvalue weighted by Crippen LogP contribution is 2.07. The quantitative estimate of drug-likeness (QED) is 0.633. The molecule has 7 heteroatoms. The van der Waals surface area contributed by atoms with Gasteiger partial charge in [-0.3, -0.25) is 0 Å². The van der Waals surface area contributed by atoms with E-state index in [0.717, 1.165) is 0 Å². The molecule has 0 aliphatic carbocycles. The molecule has 0 atom stereocenters. The summed E-state index contributed by atoms with van der Waals surface area (Å²) in [6, 6.07) is 0.00313. The van der Waals surface area contributed by atoms with Crippen LogP contribution in [0.4, 0.5) is 0 Å². The summed E-state index contributed by atoms with van der Waals surface area (Å²) in [4.78, 5) is 6.74. The van der Waals surface area contributed by atoms with Gasteiger partial charge in [0.25, 0.3) is 10.0 Å². The molecule has 2 rings (SSSR count). The van der Waals surface area contributed by atoms with Crippen molar-refractivity contribution >= 4 is 10.0 Å². The monoisotopic (exact) mass is 230 g/mol. The fraction of sp³-hybridized carbons (Fsp3) is 0.625. The van der Waals surface area contributed by atoms with Crippen LogP contribution in [0.25, 0.3) is 0 Å². The summed E-state index contributed by atoms with van der Waals surface area (Å²) in [5.74, 6) is 0.683. The second-order valence-corrected chi connectivity index (χ2v) is 5.21. The average molecular weight is 230 g/mol. The SMILES string of the molecule is CCc1ncc(S(=O)(=O)NC2CNC2)[nH]1. The Bertz CT molecular complexity index is 435. The Hall–Kier alpha value is -0.920. The van der Waals surface area contributed by atoms with Crippen LogP contribution in [0.15, 0.2) is 11.2 Å². The Labute approximate surface area is 88.5 Å². The molecule has 3 N–H and O–H groups in total. The van der Waals surface area contributed by atoms with Crippen molar-refractivity contribution < 1.29 is 8.42 Å². The lowest BCUT2D eigenvalue weighted by Gasteiger charge is -2.27. The number of hydrogen-bond donors (Lipinski definition) is 3. The summed E-state index contributed by atoms with van der Waals surface area (Å²) in [5.41, 5.74) is 0. The second kappa shape index (κ2) is 3.92. The molecule has 1 aromatic heterocycles. The van der Waals surface area contributed by atoms with Crippen molar-refractivity contribution in [2.45, 2.75) is 24.4 Å². The van der Waals surface area contributed by atoms with Gasteiger partial charge in [-0.15, -0.1) is 0 Å². The molecule has 6 nitrogen and oxygen atoms in total. The van der Waals surface area contributed by atoms with Gasteiger partial charge in [0.15, 0.2) is 5.03 Å². The molecule has 1 fully saturated rings. The normalized spacial score (nSPS) is 17.7. The van der Waals surface area contributed by atoms with Crippen molar-refractivity contribution in [3.63, 3.8) is 0 Å². The number of nitrogens with one attached hydrogen (secondary N) is 3. The molecule has 1 aliphatic heterocycles. The minimum atomic E-state index is -3.42. The first-order valence-electron chi connectivity index (χ1n) is 4.89. The maximum absolute atomic E-state index is 11.8. The maximum atomic E-state index is 11.8. The van der Waals surface area contributed by atoms with Gasteiger partial charge in [0.2, 0.25) is 0 Å². The van der Waals surface area contributed by atoms with Crippen LogP contribution in [0.3, 0.4) is 0 Å². The number of imidazole rings is 1. The van der Waals surface area contributed by atoms with E-state index in [9.17, 15) is 8.42 Å². The number of aromatic amines is 1. The van der Waals surface area contributed by atoms with Crippen LogP contribution in [-0.2, 0) is 16.4 Å². The standard InChI is InChI=1S/C8H14N4O2S/c1-2-7-10-5-8(11-7)15(13,14)12-6-3-9-4-6/h5-6,9,12H,2-4H2,1H3,(H,10,11). The highest BCUT2D eigenvalue weighted by atomic mass is 32.2. The van der Waals surface area contributed by atoms with E-state index in [4.69, 9.17) is 0 Å². The average Bonchev–Trinajstić information content (AvgIpc) is 2.60. The third kappa shape index (κ3) is 2.19. The lowest BCUT2D eigenvalue weighted by molar-refractivity contribution is 0.410. The topological polar surface area (TPSA) is 86.9 Å². The largest absolute Gasteiger partial charge is 0.332 e. The predicted octanol–water partition coefficient (Wildman–Crippen LogP) is -0.778. The number of rotatable bonds is 4. The summed E-state index contributed by atoms with van der Waals surface area (Å²) in [6.45, 7) is 3.29. The van der Waals surface area contributed by atoms with Crippen LogP contribution < -0.4 is 10.0 Å². The van der Waals surface area contributed by atoms with E-state index in [1.54, 1.807) is 0 Å². The molecule has 1 saturated heterocycles. The number of aromatic nitrogens is 2. The summed E-state index contributed by atoms with van der Waals surface area (Å²) < 4.78 is 26.1. The van der Waals surface area contributed by atoms with Gasteiger partial charge in [0.05, 0.1) is 6.20 Å². The van der Waals surface area contributed by atoms with Gasteiger partial charge in [0.1, 0.15) is 5.82 Å². The molecular weight excluding hydrogens is 216 g/mol. The van der Waals surface area contributed by atoms with E-state index >= 15 is 0 Å². The van der Waals surface area contributed by atoms with Gasteiger partial charge in [-0.1, -0.05) is 6.92 Å². The second-order valence-electron chi connectivity index (χ2n) is 3.52. The van der Waals surface area contributed by atoms with E-state index in [2.05, 4.69) is 20.0 Å². The smallest absolute Gasteiger partial charge is 0.257 e. The Balaban J connectivity index is 2.13. The molecule has 0 saturated carbocycles. The van der Waals surface area contributed by atoms with E-state index in [1.165, 1.54) is 6.20 Å². The number of hydrogen-bond acceptors (Lipinski definition) is 4.